The zero-order valence-electron chi connectivity index (χ0n) is 8.50. The lowest BCUT2D eigenvalue weighted by Crippen LogP contribution is -2.10. The lowest BCUT2D eigenvalue weighted by atomic mass is 10.1. The van der Waals surface area contributed by atoms with Crippen LogP contribution in [0.5, 0.6) is 0 Å². The number of hydrogen-bond donors (Lipinski definition) is 1. The van der Waals surface area contributed by atoms with E-state index in [0.29, 0.717) is 0 Å². The number of carbonyl (C=O) groups excluding carboxylic acids is 1. The SMILES string of the molecule is CS(=O)(=O)Nc1cccc(C(=O)CN=O)c1. The average Bonchev–Trinajstić information content (AvgIpc) is 2.16. The maximum atomic E-state index is 11.3. The summed E-state index contributed by atoms with van der Waals surface area (Å²) in [6.45, 7) is -0.456. The van der Waals surface area contributed by atoms with Gasteiger partial charge in [0.15, 0.2) is 5.78 Å². The van der Waals surface area contributed by atoms with Gasteiger partial charge in [0, 0.05) is 11.3 Å². The second-order valence-electron chi connectivity index (χ2n) is 3.17. The van der Waals surface area contributed by atoms with Crippen LogP contribution < -0.4 is 4.72 Å². The Kier molecular flexibility index (Phi) is 3.73. The molecule has 1 rings (SSSR count). The molecule has 6 nitrogen and oxygen atoms in total. The van der Waals surface area contributed by atoms with E-state index < -0.39 is 22.4 Å². The van der Waals surface area contributed by atoms with Crippen LogP contribution in [0.25, 0.3) is 0 Å². The van der Waals surface area contributed by atoms with Crippen LogP contribution in [0.1, 0.15) is 10.4 Å². The lowest BCUT2D eigenvalue weighted by Gasteiger charge is -2.04. The average molecular weight is 242 g/mol. The summed E-state index contributed by atoms with van der Waals surface area (Å²) in [6.07, 6.45) is 1.01. The number of nitroso groups, excluding NO2 is 1. The molecule has 0 heterocycles. The number of nitrogens with zero attached hydrogens (tertiary/aromatic N) is 1. The molecule has 0 aliphatic carbocycles. The van der Waals surface area contributed by atoms with Crippen molar-refractivity contribution in [1.82, 2.24) is 0 Å². The monoisotopic (exact) mass is 242 g/mol. The van der Waals surface area contributed by atoms with Crippen molar-refractivity contribution in [2.24, 2.45) is 5.18 Å². The molecule has 0 atom stereocenters. The van der Waals surface area contributed by atoms with Crippen molar-refractivity contribution < 1.29 is 13.2 Å². The van der Waals surface area contributed by atoms with Crippen molar-refractivity contribution in [3.05, 3.63) is 34.7 Å². The normalized spacial score (nSPS) is 10.8. The van der Waals surface area contributed by atoms with Gasteiger partial charge in [0.05, 0.1) is 6.26 Å². The first-order valence-corrected chi connectivity index (χ1v) is 6.21. The molecule has 1 aromatic carbocycles. The Morgan fingerprint density at radius 1 is 1.44 bits per heavy atom. The summed E-state index contributed by atoms with van der Waals surface area (Å²) in [5, 5.41) is 2.48. The minimum Gasteiger partial charge on any atom is -0.292 e. The minimum atomic E-state index is -3.38. The predicted molar refractivity (Wildman–Crippen MR) is 59.9 cm³/mol. The summed E-state index contributed by atoms with van der Waals surface area (Å²) in [5.74, 6) is -0.452. The number of anilines is 1. The highest BCUT2D eigenvalue weighted by atomic mass is 32.2. The summed E-state index contributed by atoms with van der Waals surface area (Å²) in [7, 11) is -3.38. The summed E-state index contributed by atoms with van der Waals surface area (Å²) >= 11 is 0. The van der Waals surface area contributed by atoms with Gasteiger partial charge >= 0.3 is 0 Å². The lowest BCUT2D eigenvalue weighted by molar-refractivity contribution is 0.100. The van der Waals surface area contributed by atoms with Crippen LogP contribution in [0.15, 0.2) is 29.4 Å². The summed E-state index contributed by atoms with van der Waals surface area (Å²) in [6, 6.07) is 5.87. The number of nitrogens with one attached hydrogen (secondary N) is 1. The van der Waals surface area contributed by atoms with E-state index in [1.54, 1.807) is 0 Å². The molecule has 16 heavy (non-hydrogen) atoms. The molecule has 0 spiro atoms. The van der Waals surface area contributed by atoms with Gasteiger partial charge in [0.25, 0.3) is 0 Å². The predicted octanol–water partition coefficient (Wildman–Crippen LogP) is 1.01. The fraction of sp³-hybridized carbons (Fsp3) is 0.222. The highest BCUT2D eigenvalue weighted by Gasteiger charge is 2.08. The van der Waals surface area contributed by atoms with Crippen LogP contribution >= 0.6 is 0 Å². The second kappa shape index (κ2) is 4.84. The fourth-order valence-corrected chi connectivity index (χ4v) is 1.68. The summed E-state index contributed by atoms with van der Waals surface area (Å²) < 4.78 is 24.1. The first-order valence-electron chi connectivity index (χ1n) is 4.32. The van der Waals surface area contributed by atoms with E-state index >= 15 is 0 Å². The highest BCUT2D eigenvalue weighted by molar-refractivity contribution is 7.92. The third-order valence-corrected chi connectivity index (χ3v) is 2.30. The van der Waals surface area contributed by atoms with Gasteiger partial charge in [-0.3, -0.25) is 9.52 Å². The van der Waals surface area contributed by atoms with E-state index in [0.717, 1.165) is 6.26 Å². The van der Waals surface area contributed by atoms with Gasteiger partial charge in [-0.2, -0.15) is 4.91 Å². The number of hydrogen-bond acceptors (Lipinski definition) is 5. The van der Waals surface area contributed by atoms with Gasteiger partial charge < -0.3 is 0 Å². The van der Waals surface area contributed by atoms with Gasteiger partial charge in [-0.1, -0.05) is 17.3 Å². The van der Waals surface area contributed by atoms with Crippen molar-refractivity contribution >= 4 is 21.5 Å². The van der Waals surface area contributed by atoms with E-state index in [2.05, 4.69) is 9.90 Å². The molecule has 0 fully saturated rings. The molecule has 0 bridgehead atoms. The zero-order chi connectivity index (χ0) is 12.2. The largest absolute Gasteiger partial charge is 0.292 e. The smallest absolute Gasteiger partial charge is 0.229 e. The van der Waals surface area contributed by atoms with E-state index in [-0.39, 0.29) is 11.3 Å². The molecule has 0 radical (unpaired) electrons. The molecule has 0 amide bonds. The first kappa shape index (κ1) is 12.3. The van der Waals surface area contributed by atoms with Crippen LogP contribution in [0.2, 0.25) is 0 Å². The molecule has 0 aliphatic rings. The number of rotatable bonds is 5. The molecule has 0 aliphatic heterocycles. The Balaban J connectivity index is 2.95. The van der Waals surface area contributed by atoms with Gasteiger partial charge in [0.1, 0.15) is 6.54 Å². The number of benzene rings is 1. The Bertz CT molecular complexity index is 510. The summed E-state index contributed by atoms with van der Waals surface area (Å²) in [4.78, 5) is 21.2. The van der Waals surface area contributed by atoms with Crippen molar-refractivity contribution in [1.29, 1.82) is 0 Å². The highest BCUT2D eigenvalue weighted by Crippen LogP contribution is 2.12. The number of ketones is 1. The number of carbonyl (C=O) groups is 1. The molecule has 0 saturated carbocycles. The van der Waals surface area contributed by atoms with Crippen molar-refractivity contribution in [3.63, 3.8) is 0 Å². The number of Topliss-reactive ketones (excluding diaryl/α,β-unsaturated/α-hetero) is 1. The van der Waals surface area contributed by atoms with Gasteiger partial charge in [-0.15, -0.1) is 0 Å². The summed E-state index contributed by atoms with van der Waals surface area (Å²) in [5.41, 5.74) is 0.521. The molecule has 0 aromatic heterocycles. The van der Waals surface area contributed by atoms with Crippen molar-refractivity contribution in [2.45, 2.75) is 0 Å². The molecular weight excluding hydrogens is 232 g/mol. The van der Waals surface area contributed by atoms with Crippen molar-refractivity contribution in [2.75, 3.05) is 17.5 Å². The third-order valence-electron chi connectivity index (χ3n) is 1.70. The topological polar surface area (TPSA) is 92.7 Å². The molecule has 1 aromatic rings. The molecule has 7 heteroatoms. The maximum Gasteiger partial charge on any atom is 0.229 e. The van der Waals surface area contributed by atoms with Gasteiger partial charge in [0.2, 0.25) is 10.0 Å². The third kappa shape index (κ3) is 3.77. The molecule has 0 saturated heterocycles. The van der Waals surface area contributed by atoms with Gasteiger partial charge in [-0.25, -0.2) is 8.42 Å². The quantitative estimate of drug-likeness (QED) is 0.616. The van der Waals surface area contributed by atoms with E-state index in [1.807, 2.05) is 0 Å². The van der Waals surface area contributed by atoms with Crippen LogP contribution in [0, 0.1) is 4.91 Å². The maximum absolute atomic E-state index is 11.3. The van der Waals surface area contributed by atoms with Crippen LogP contribution in [-0.4, -0.2) is 27.0 Å². The van der Waals surface area contributed by atoms with E-state index in [9.17, 15) is 18.1 Å². The first-order chi connectivity index (χ1) is 7.42. The minimum absolute atomic E-state index is 0.244. The fourth-order valence-electron chi connectivity index (χ4n) is 1.12. The Morgan fingerprint density at radius 3 is 2.69 bits per heavy atom. The Hall–Kier alpha value is -1.76. The van der Waals surface area contributed by atoms with Crippen LogP contribution in [0.3, 0.4) is 0 Å². The second-order valence-corrected chi connectivity index (χ2v) is 4.91. The van der Waals surface area contributed by atoms with Crippen LogP contribution in [0.4, 0.5) is 5.69 Å². The van der Waals surface area contributed by atoms with E-state index in [1.165, 1.54) is 24.3 Å². The molecular formula is C9H10N2O4S. The molecule has 1 N–H and O–H groups in total. The number of sulfonamides is 1. The zero-order valence-corrected chi connectivity index (χ0v) is 9.32. The van der Waals surface area contributed by atoms with Crippen molar-refractivity contribution in [3.8, 4) is 0 Å². The molecule has 0 unspecified atom stereocenters. The van der Waals surface area contributed by atoms with E-state index in [4.69, 9.17) is 0 Å². The molecule has 86 valence electrons. The van der Waals surface area contributed by atoms with Gasteiger partial charge in [-0.05, 0) is 12.1 Å². The Morgan fingerprint density at radius 2 is 2.12 bits per heavy atom. The van der Waals surface area contributed by atoms with Crippen LogP contribution in [-0.2, 0) is 10.0 Å². The standard InChI is InChI=1S/C9H10N2O4S/c1-16(14,15)11-8-4-2-3-7(5-8)9(12)6-10-13/h2-5,11H,6H2,1H3. The Labute approximate surface area is 92.7 Å².